The summed E-state index contributed by atoms with van der Waals surface area (Å²) in [6.07, 6.45) is 4.75. The quantitative estimate of drug-likeness (QED) is 0.441. The van der Waals surface area contributed by atoms with Crippen LogP contribution >= 0.6 is 0 Å². The lowest BCUT2D eigenvalue weighted by Gasteiger charge is -2.12. The first-order chi connectivity index (χ1) is 14.8. The maximum atomic E-state index is 15.1. The Morgan fingerprint density at radius 2 is 1.68 bits per heavy atom. The molecule has 2 heterocycles. The molecule has 0 N–H and O–H groups in total. The van der Waals surface area contributed by atoms with Crippen molar-refractivity contribution >= 4 is 9.84 Å². The van der Waals surface area contributed by atoms with Crippen molar-refractivity contribution in [2.45, 2.75) is 23.3 Å². The van der Waals surface area contributed by atoms with E-state index in [2.05, 4.69) is 10.1 Å². The molecule has 9 heteroatoms. The van der Waals surface area contributed by atoms with Crippen LogP contribution in [0.25, 0.3) is 22.4 Å². The molecule has 158 valence electrons. The molecule has 2 aromatic carbocycles. The molecule has 0 radical (unpaired) electrons. The molecule has 0 amide bonds. The standard InChI is InChI=1S/C22H16F3N3O2S/c1-2-28-13-16(14-8-10-26-11-9-14)22(27-28)21-18(25)4-3-5-19(21)31(29,30)20-12-15(23)6-7-17(20)24/h3-13H,2H2,1H3. The fourth-order valence-corrected chi connectivity index (χ4v) is 4.82. The molecular weight excluding hydrogens is 427 g/mol. The molecular formula is C22H16F3N3O2S. The van der Waals surface area contributed by atoms with Crippen LogP contribution in [-0.2, 0) is 16.4 Å². The van der Waals surface area contributed by atoms with E-state index < -0.39 is 37.1 Å². The Morgan fingerprint density at radius 1 is 0.935 bits per heavy atom. The Morgan fingerprint density at radius 3 is 2.39 bits per heavy atom. The number of aromatic nitrogens is 3. The van der Waals surface area contributed by atoms with Crippen LogP contribution in [0.5, 0.6) is 0 Å². The molecule has 0 fully saturated rings. The molecule has 0 aliphatic heterocycles. The summed E-state index contributed by atoms with van der Waals surface area (Å²) in [6.45, 7) is 2.28. The third-order valence-electron chi connectivity index (χ3n) is 4.76. The summed E-state index contributed by atoms with van der Waals surface area (Å²) in [4.78, 5) is 2.58. The molecule has 5 nitrogen and oxygen atoms in total. The van der Waals surface area contributed by atoms with Gasteiger partial charge in [-0.1, -0.05) is 6.07 Å². The number of benzene rings is 2. The molecule has 0 saturated carbocycles. The van der Waals surface area contributed by atoms with Crippen molar-refractivity contribution in [1.29, 1.82) is 0 Å². The highest BCUT2D eigenvalue weighted by Crippen LogP contribution is 2.38. The lowest BCUT2D eigenvalue weighted by molar-refractivity contribution is 0.552. The Balaban J connectivity index is 2.02. The lowest BCUT2D eigenvalue weighted by atomic mass is 10.0. The van der Waals surface area contributed by atoms with E-state index in [-0.39, 0.29) is 11.3 Å². The van der Waals surface area contributed by atoms with Crippen molar-refractivity contribution in [3.63, 3.8) is 0 Å². The second-order valence-electron chi connectivity index (χ2n) is 6.67. The molecule has 0 saturated heterocycles. The number of hydrogen-bond acceptors (Lipinski definition) is 4. The van der Waals surface area contributed by atoms with Crippen LogP contribution in [0.15, 0.2) is 76.9 Å². The number of halogens is 3. The van der Waals surface area contributed by atoms with Gasteiger partial charge in [0.2, 0.25) is 9.84 Å². The van der Waals surface area contributed by atoms with E-state index in [1.165, 1.54) is 10.7 Å². The summed E-state index contributed by atoms with van der Waals surface area (Å²) in [5.74, 6) is -2.91. The lowest BCUT2D eigenvalue weighted by Crippen LogP contribution is -2.08. The van der Waals surface area contributed by atoms with Gasteiger partial charge in [0.05, 0.1) is 10.5 Å². The Bertz CT molecular complexity index is 1370. The van der Waals surface area contributed by atoms with Gasteiger partial charge < -0.3 is 0 Å². The van der Waals surface area contributed by atoms with Gasteiger partial charge in [-0.05, 0) is 55.0 Å². The van der Waals surface area contributed by atoms with E-state index in [9.17, 15) is 17.2 Å². The minimum Gasteiger partial charge on any atom is -0.272 e. The van der Waals surface area contributed by atoms with E-state index >= 15 is 4.39 Å². The SMILES string of the molecule is CCn1cc(-c2ccncc2)c(-c2c(F)cccc2S(=O)(=O)c2cc(F)ccc2F)n1. The highest BCUT2D eigenvalue weighted by atomic mass is 32.2. The number of sulfone groups is 1. The topological polar surface area (TPSA) is 64.8 Å². The number of aryl methyl sites for hydroxylation is 1. The first-order valence-electron chi connectivity index (χ1n) is 9.29. The molecule has 4 aromatic rings. The number of hydrogen-bond donors (Lipinski definition) is 0. The van der Waals surface area contributed by atoms with E-state index in [1.807, 2.05) is 6.92 Å². The second-order valence-corrected chi connectivity index (χ2v) is 8.56. The average molecular weight is 443 g/mol. The van der Waals surface area contributed by atoms with Gasteiger partial charge in [0.25, 0.3) is 0 Å². The minimum absolute atomic E-state index is 0.0709. The summed E-state index contributed by atoms with van der Waals surface area (Å²) in [5, 5.41) is 4.37. The average Bonchev–Trinajstić information content (AvgIpc) is 3.20. The highest BCUT2D eigenvalue weighted by Gasteiger charge is 2.30. The second kappa shape index (κ2) is 7.99. The zero-order valence-corrected chi connectivity index (χ0v) is 17.1. The van der Waals surface area contributed by atoms with E-state index in [1.54, 1.807) is 30.7 Å². The molecule has 2 aromatic heterocycles. The van der Waals surface area contributed by atoms with Crippen LogP contribution in [0, 0.1) is 17.5 Å². The maximum Gasteiger partial charge on any atom is 0.210 e. The largest absolute Gasteiger partial charge is 0.272 e. The van der Waals surface area contributed by atoms with Gasteiger partial charge in [-0.25, -0.2) is 21.6 Å². The van der Waals surface area contributed by atoms with Crippen molar-refractivity contribution < 1.29 is 21.6 Å². The van der Waals surface area contributed by atoms with Crippen molar-refractivity contribution in [2.75, 3.05) is 0 Å². The summed E-state index contributed by atoms with van der Waals surface area (Å²) >= 11 is 0. The maximum absolute atomic E-state index is 15.1. The summed E-state index contributed by atoms with van der Waals surface area (Å²) < 4.78 is 71.2. The number of pyridine rings is 1. The first-order valence-corrected chi connectivity index (χ1v) is 10.8. The molecule has 0 atom stereocenters. The van der Waals surface area contributed by atoms with Gasteiger partial charge in [-0.15, -0.1) is 0 Å². The van der Waals surface area contributed by atoms with Gasteiger partial charge >= 0.3 is 0 Å². The highest BCUT2D eigenvalue weighted by molar-refractivity contribution is 7.91. The number of rotatable bonds is 5. The van der Waals surface area contributed by atoms with Crippen LogP contribution in [0.3, 0.4) is 0 Å². The number of nitrogens with zero attached hydrogens (tertiary/aromatic N) is 3. The molecule has 0 unspecified atom stereocenters. The zero-order valence-electron chi connectivity index (χ0n) is 16.3. The van der Waals surface area contributed by atoms with Gasteiger partial charge in [0, 0.05) is 30.7 Å². The molecule has 0 aliphatic rings. The minimum atomic E-state index is -4.61. The van der Waals surface area contributed by atoms with Crippen molar-refractivity contribution in [3.05, 3.63) is 84.6 Å². The molecule has 4 rings (SSSR count). The van der Waals surface area contributed by atoms with Crippen LogP contribution in [0.1, 0.15) is 6.92 Å². The molecule has 0 spiro atoms. The third-order valence-corrected chi connectivity index (χ3v) is 6.57. The van der Waals surface area contributed by atoms with Gasteiger partial charge in [0.15, 0.2) is 0 Å². The fraction of sp³-hybridized carbons (Fsp3) is 0.0909. The summed E-state index contributed by atoms with van der Waals surface area (Å²) in [7, 11) is -4.61. The monoisotopic (exact) mass is 443 g/mol. The summed E-state index contributed by atoms with van der Waals surface area (Å²) in [6, 6.07) is 8.92. The van der Waals surface area contributed by atoms with Crippen molar-refractivity contribution in [2.24, 2.45) is 0 Å². The Hall–Kier alpha value is -3.46. The van der Waals surface area contributed by atoms with Crippen LogP contribution in [0.2, 0.25) is 0 Å². The first kappa shape index (κ1) is 20.8. The van der Waals surface area contributed by atoms with Crippen molar-refractivity contribution in [3.8, 4) is 22.4 Å². The predicted molar refractivity (Wildman–Crippen MR) is 108 cm³/mol. The molecule has 0 bridgehead atoms. The van der Waals surface area contributed by atoms with Crippen LogP contribution in [0.4, 0.5) is 13.2 Å². The zero-order chi connectivity index (χ0) is 22.2. The smallest absolute Gasteiger partial charge is 0.210 e. The van der Waals surface area contributed by atoms with E-state index in [0.717, 1.165) is 24.3 Å². The Kier molecular flexibility index (Phi) is 5.36. The fourth-order valence-electron chi connectivity index (χ4n) is 3.27. The normalized spacial score (nSPS) is 11.6. The van der Waals surface area contributed by atoms with E-state index in [0.29, 0.717) is 23.7 Å². The molecule has 31 heavy (non-hydrogen) atoms. The van der Waals surface area contributed by atoms with Crippen LogP contribution in [-0.4, -0.2) is 23.2 Å². The Labute approximate surface area is 176 Å². The van der Waals surface area contributed by atoms with E-state index in [4.69, 9.17) is 0 Å². The van der Waals surface area contributed by atoms with Gasteiger partial charge in [0.1, 0.15) is 28.0 Å². The predicted octanol–water partition coefficient (Wildman–Crippen LogP) is 4.88. The third kappa shape index (κ3) is 3.72. The van der Waals surface area contributed by atoms with Crippen molar-refractivity contribution in [1.82, 2.24) is 14.8 Å². The van der Waals surface area contributed by atoms with Gasteiger partial charge in [-0.2, -0.15) is 5.10 Å². The van der Waals surface area contributed by atoms with Crippen LogP contribution < -0.4 is 0 Å². The molecule has 0 aliphatic carbocycles. The van der Waals surface area contributed by atoms with Gasteiger partial charge in [-0.3, -0.25) is 9.67 Å². The summed E-state index contributed by atoms with van der Waals surface area (Å²) in [5.41, 5.74) is 0.880.